The highest BCUT2D eigenvalue weighted by molar-refractivity contribution is 7.13. The van der Waals surface area contributed by atoms with Crippen LogP contribution in [0.15, 0.2) is 0 Å². The monoisotopic (exact) mass is 106 g/mol. The molecule has 0 bridgehead atoms. The van der Waals surface area contributed by atoms with Crippen LogP contribution in [0.2, 0.25) is 0 Å². The normalized spacial score (nSPS) is 9.00. The standard InChI is InChI=1S/C3H11N2P/c4-2-1-3-5-6/h5H,1-4,6H2. The Labute approximate surface area is 40.7 Å². The minimum absolute atomic E-state index is 0.779. The maximum absolute atomic E-state index is 5.17. The number of hydrogen-bond acceptors (Lipinski definition) is 2. The highest BCUT2D eigenvalue weighted by Crippen LogP contribution is 1.71. The lowest BCUT2D eigenvalue weighted by Crippen LogP contribution is -2.07. The summed E-state index contributed by atoms with van der Waals surface area (Å²) in [5, 5.41) is 2.91. The molecule has 0 rings (SSSR count). The van der Waals surface area contributed by atoms with Crippen molar-refractivity contribution in [2.24, 2.45) is 5.73 Å². The third-order valence-electron chi connectivity index (χ3n) is 0.525. The van der Waals surface area contributed by atoms with E-state index in [1.165, 1.54) is 0 Å². The first-order valence-electron chi connectivity index (χ1n) is 2.05. The molecule has 1 unspecified atom stereocenters. The molecule has 0 spiro atoms. The molecule has 0 saturated carbocycles. The summed E-state index contributed by atoms with van der Waals surface area (Å²) in [6.45, 7) is 1.78. The largest absolute Gasteiger partial charge is 0.330 e. The number of nitrogens with one attached hydrogen (secondary N) is 1. The van der Waals surface area contributed by atoms with E-state index >= 15 is 0 Å². The fourth-order valence-electron chi connectivity index (χ4n) is 0.204. The Morgan fingerprint density at radius 3 is 2.50 bits per heavy atom. The number of nitrogens with two attached hydrogens (primary N) is 1. The maximum atomic E-state index is 5.17. The minimum atomic E-state index is 0.779. The average Bonchev–Trinajstić information content (AvgIpc) is 1.61. The molecule has 0 aromatic carbocycles. The molecule has 0 aromatic heterocycles. The van der Waals surface area contributed by atoms with E-state index in [1.54, 1.807) is 0 Å². The highest BCUT2D eigenvalue weighted by Gasteiger charge is 1.73. The lowest BCUT2D eigenvalue weighted by atomic mass is 10.4. The number of rotatable bonds is 3. The van der Waals surface area contributed by atoms with Crippen molar-refractivity contribution in [1.29, 1.82) is 0 Å². The van der Waals surface area contributed by atoms with Crippen LogP contribution < -0.4 is 10.8 Å². The first-order valence-corrected chi connectivity index (χ1v) is 2.63. The van der Waals surface area contributed by atoms with Crippen LogP contribution in [0.3, 0.4) is 0 Å². The third-order valence-corrected chi connectivity index (χ3v) is 0.814. The van der Waals surface area contributed by atoms with Crippen molar-refractivity contribution in [1.82, 2.24) is 5.09 Å². The molecule has 0 aromatic rings. The van der Waals surface area contributed by atoms with Crippen molar-refractivity contribution >= 4 is 9.39 Å². The van der Waals surface area contributed by atoms with Gasteiger partial charge in [0.25, 0.3) is 0 Å². The molecular weight excluding hydrogens is 95.0 g/mol. The molecule has 3 heteroatoms. The van der Waals surface area contributed by atoms with E-state index in [9.17, 15) is 0 Å². The molecule has 6 heavy (non-hydrogen) atoms. The van der Waals surface area contributed by atoms with Crippen LogP contribution in [0.5, 0.6) is 0 Å². The number of hydrogen-bond donors (Lipinski definition) is 2. The Morgan fingerprint density at radius 1 is 1.67 bits per heavy atom. The first kappa shape index (κ1) is 6.35. The van der Waals surface area contributed by atoms with Crippen LogP contribution in [-0.4, -0.2) is 13.1 Å². The molecule has 2 nitrogen and oxygen atoms in total. The zero-order valence-corrected chi connectivity index (χ0v) is 4.93. The Bertz CT molecular complexity index is 20.8. The van der Waals surface area contributed by atoms with Crippen molar-refractivity contribution in [3.8, 4) is 0 Å². The lowest BCUT2D eigenvalue weighted by Gasteiger charge is -1.89. The van der Waals surface area contributed by atoms with Crippen molar-refractivity contribution < 1.29 is 0 Å². The van der Waals surface area contributed by atoms with Gasteiger partial charge in [-0.2, -0.15) is 0 Å². The van der Waals surface area contributed by atoms with Gasteiger partial charge >= 0.3 is 0 Å². The molecule has 0 aliphatic carbocycles. The molecule has 0 amide bonds. The molecule has 0 aliphatic heterocycles. The van der Waals surface area contributed by atoms with Gasteiger partial charge in [-0.25, -0.2) is 0 Å². The van der Waals surface area contributed by atoms with Crippen LogP contribution in [-0.2, 0) is 0 Å². The van der Waals surface area contributed by atoms with Crippen molar-refractivity contribution in [3.63, 3.8) is 0 Å². The summed E-state index contributed by atoms with van der Waals surface area (Å²) < 4.78 is 0. The third kappa shape index (κ3) is 4.35. The van der Waals surface area contributed by atoms with Crippen LogP contribution in [0.4, 0.5) is 0 Å². The van der Waals surface area contributed by atoms with E-state index < -0.39 is 0 Å². The van der Waals surface area contributed by atoms with Gasteiger partial charge in [0, 0.05) is 0 Å². The average molecular weight is 106 g/mol. The van der Waals surface area contributed by atoms with Gasteiger partial charge in [-0.15, -0.1) is 0 Å². The van der Waals surface area contributed by atoms with E-state index in [0.717, 1.165) is 19.5 Å². The summed E-state index contributed by atoms with van der Waals surface area (Å²) in [5.74, 6) is 0. The topological polar surface area (TPSA) is 38.0 Å². The zero-order valence-electron chi connectivity index (χ0n) is 3.78. The zero-order chi connectivity index (χ0) is 4.83. The van der Waals surface area contributed by atoms with Gasteiger partial charge in [0.05, 0.1) is 0 Å². The maximum Gasteiger partial charge on any atom is -0.000242 e. The minimum Gasteiger partial charge on any atom is -0.330 e. The molecule has 0 radical (unpaired) electrons. The van der Waals surface area contributed by atoms with Gasteiger partial charge in [0.1, 0.15) is 0 Å². The fourth-order valence-corrected chi connectivity index (χ4v) is 0.408. The molecule has 1 atom stereocenters. The fraction of sp³-hybridized carbons (Fsp3) is 1.00. The van der Waals surface area contributed by atoms with Crippen molar-refractivity contribution in [2.75, 3.05) is 13.1 Å². The Hall–Kier alpha value is 0.350. The summed E-state index contributed by atoms with van der Waals surface area (Å²) in [7, 11) is 2.42. The van der Waals surface area contributed by atoms with Gasteiger partial charge in [-0.05, 0) is 19.5 Å². The van der Waals surface area contributed by atoms with E-state index in [2.05, 4.69) is 14.5 Å². The van der Waals surface area contributed by atoms with Crippen LogP contribution in [0.1, 0.15) is 6.42 Å². The Morgan fingerprint density at radius 2 is 2.33 bits per heavy atom. The van der Waals surface area contributed by atoms with E-state index in [0.29, 0.717) is 0 Å². The second-order valence-corrected chi connectivity index (χ2v) is 1.50. The van der Waals surface area contributed by atoms with E-state index in [1.807, 2.05) is 0 Å². The second-order valence-electron chi connectivity index (χ2n) is 1.10. The van der Waals surface area contributed by atoms with Crippen molar-refractivity contribution in [2.45, 2.75) is 6.42 Å². The first-order chi connectivity index (χ1) is 2.91. The quantitative estimate of drug-likeness (QED) is 0.383. The summed E-state index contributed by atoms with van der Waals surface area (Å²) in [4.78, 5) is 0. The molecule has 0 heterocycles. The Balaban J connectivity index is 2.34. The molecule has 0 aliphatic rings. The van der Waals surface area contributed by atoms with Gasteiger partial charge < -0.3 is 10.8 Å². The van der Waals surface area contributed by atoms with Crippen LogP contribution in [0.25, 0.3) is 0 Å². The summed E-state index contributed by atoms with van der Waals surface area (Å²) >= 11 is 0. The second kappa shape index (κ2) is 5.35. The van der Waals surface area contributed by atoms with Gasteiger partial charge in [0.2, 0.25) is 0 Å². The van der Waals surface area contributed by atoms with Crippen LogP contribution >= 0.6 is 9.39 Å². The van der Waals surface area contributed by atoms with Crippen molar-refractivity contribution in [3.05, 3.63) is 0 Å². The summed E-state index contributed by atoms with van der Waals surface area (Å²) in [6, 6.07) is 0. The predicted molar refractivity (Wildman–Crippen MR) is 31.4 cm³/mol. The predicted octanol–water partition coefficient (Wildman–Crippen LogP) is -0.285. The van der Waals surface area contributed by atoms with Crippen LogP contribution in [0, 0.1) is 0 Å². The highest BCUT2D eigenvalue weighted by atomic mass is 31.0. The van der Waals surface area contributed by atoms with Gasteiger partial charge in [-0.1, -0.05) is 9.39 Å². The summed E-state index contributed by atoms with van der Waals surface area (Å²) in [5.41, 5.74) is 5.17. The summed E-state index contributed by atoms with van der Waals surface area (Å²) in [6.07, 6.45) is 1.06. The molecular formula is C3H11N2P. The lowest BCUT2D eigenvalue weighted by molar-refractivity contribution is 0.809. The smallest absolute Gasteiger partial charge is 0.000242 e. The SMILES string of the molecule is NCCCNP. The molecule has 38 valence electrons. The van der Waals surface area contributed by atoms with Gasteiger partial charge in [0.15, 0.2) is 0 Å². The molecule has 0 fully saturated rings. The molecule has 0 saturated heterocycles. The van der Waals surface area contributed by atoms with E-state index in [-0.39, 0.29) is 0 Å². The van der Waals surface area contributed by atoms with Gasteiger partial charge in [-0.3, -0.25) is 0 Å². The Kier molecular flexibility index (Phi) is 5.66. The van der Waals surface area contributed by atoms with E-state index in [4.69, 9.17) is 5.73 Å². The molecule has 3 N–H and O–H groups in total.